The van der Waals surface area contributed by atoms with E-state index in [1.807, 2.05) is 5.38 Å². The lowest BCUT2D eigenvalue weighted by atomic mass is 9.76. The molecule has 2 rings (SSSR count). The van der Waals surface area contributed by atoms with Crippen LogP contribution < -0.4 is 0 Å². The summed E-state index contributed by atoms with van der Waals surface area (Å²) in [5, 5.41) is 1.81. The van der Waals surface area contributed by atoms with Crippen LogP contribution in [-0.2, 0) is 10.0 Å². The zero-order valence-corrected chi connectivity index (χ0v) is 12.9. The Morgan fingerprint density at radius 2 is 1.89 bits per heavy atom. The molecule has 18 heavy (non-hydrogen) atoms. The quantitative estimate of drug-likeness (QED) is 0.837. The van der Waals surface area contributed by atoms with E-state index in [2.05, 4.69) is 20.8 Å². The average molecular weight is 287 g/mol. The molecular formula is C13H21NO2S2. The molecule has 1 aliphatic rings. The molecular weight excluding hydrogens is 266 g/mol. The number of sulfonamides is 1. The van der Waals surface area contributed by atoms with E-state index in [4.69, 9.17) is 0 Å². The van der Waals surface area contributed by atoms with Gasteiger partial charge in [0, 0.05) is 13.1 Å². The molecule has 0 saturated carbocycles. The van der Waals surface area contributed by atoms with Crippen LogP contribution in [0.1, 0.15) is 33.6 Å². The number of piperidine rings is 1. The van der Waals surface area contributed by atoms with E-state index in [0.717, 1.165) is 12.8 Å². The van der Waals surface area contributed by atoms with Gasteiger partial charge in [0.15, 0.2) is 0 Å². The molecule has 1 aromatic rings. The summed E-state index contributed by atoms with van der Waals surface area (Å²) in [4.78, 5) is 0. The summed E-state index contributed by atoms with van der Waals surface area (Å²) in [7, 11) is -3.24. The van der Waals surface area contributed by atoms with Gasteiger partial charge in [-0.05, 0) is 35.6 Å². The molecule has 0 amide bonds. The van der Waals surface area contributed by atoms with Gasteiger partial charge in [-0.3, -0.25) is 0 Å². The SMILES string of the molecule is CC(C)(C)C1CCN(S(=O)(=O)c2cccs2)CC1. The maximum absolute atomic E-state index is 12.3. The van der Waals surface area contributed by atoms with E-state index in [1.165, 1.54) is 11.3 Å². The van der Waals surface area contributed by atoms with Crippen LogP contribution in [0.3, 0.4) is 0 Å². The first-order chi connectivity index (χ1) is 8.32. The Balaban J connectivity index is 2.07. The first-order valence-electron chi connectivity index (χ1n) is 6.35. The molecule has 0 N–H and O–H groups in total. The smallest absolute Gasteiger partial charge is 0.206 e. The predicted molar refractivity (Wildman–Crippen MR) is 75.3 cm³/mol. The Bertz CT molecular complexity index is 478. The van der Waals surface area contributed by atoms with Gasteiger partial charge in [0.2, 0.25) is 0 Å². The molecule has 102 valence electrons. The minimum atomic E-state index is -3.24. The normalized spacial score (nSPS) is 20.2. The van der Waals surface area contributed by atoms with Crippen molar-refractivity contribution in [1.29, 1.82) is 0 Å². The van der Waals surface area contributed by atoms with Gasteiger partial charge in [-0.15, -0.1) is 11.3 Å². The molecule has 1 aliphatic heterocycles. The summed E-state index contributed by atoms with van der Waals surface area (Å²) in [6.45, 7) is 8.02. The van der Waals surface area contributed by atoms with Crippen molar-refractivity contribution in [3.05, 3.63) is 17.5 Å². The zero-order valence-electron chi connectivity index (χ0n) is 11.2. The maximum atomic E-state index is 12.3. The lowest BCUT2D eigenvalue weighted by Gasteiger charge is -2.37. The van der Waals surface area contributed by atoms with Crippen LogP contribution in [0.25, 0.3) is 0 Å². The van der Waals surface area contributed by atoms with E-state index in [1.54, 1.807) is 16.4 Å². The van der Waals surface area contributed by atoms with E-state index < -0.39 is 10.0 Å². The van der Waals surface area contributed by atoms with Crippen molar-refractivity contribution in [2.24, 2.45) is 11.3 Å². The fourth-order valence-corrected chi connectivity index (χ4v) is 5.11. The summed E-state index contributed by atoms with van der Waals surface area (Å²) < 4.78 is 26.8. The second-order valence-corrected chi connectivity index (χ2v) is 9.09. The van der Waals surface area contributed by atoms with Crippen LogP contribution in [0, 0.1) is 11.3 Å². The molecule has 0 radical (unpaired) electrons. The minimum absolute atomic E-state index is 0.277. The highest BCUT2D eigenvalue weighted by atomic mass is 32.2. The molecule has 3 nitrogen and oxygen atoms in total. The molecule has 0 atom stereocenters. The monoisotopic (exact) mass is 287 g/mol. The fourth-order valence-electron chi connectivity index (χ4n) is 2.50. The van der Waals surface area contributed by atoms with Crippen LogP contribution in [0.2, 0.25) is 0 Å². The summed E-state index contributed by atoms with van der Waals surface area (Å²) in [5.41, 5.74) is 0.277. The van der Waals surface area contributed by atoms with Crippen molar-refractivity contribution in [1.82, 2.24) is 4.31 Å². The summed E-state index contributed by atoms with van der Waals surface area (Å²) in [5.74, 6) is 0.618. The predicted octanol–water partition coefficient (Wildman–Crippen LogP) is 3.19. The second-order valence-electron chi connectivity index (χ2n) is 5.98. The molecule has 1 fully saturated rings. The van der Waals surface area contributed by atoms with Gasteiger partial charge < -0.3 is 0 Å². The number of thiophene rings is 1. The zero-order chi connectivity index (χ0) is 13.4. The Kier molecular flexibility index (Phi) is 3.85. The third-order valence-corrected chi connectivity index (χ3v) is 7.04. The van der Waals surface area contributed by atoms with Gasteiger partial charge in [-0.25, -0.2) is 8.42 Å². The average Bonchev–Trinajstić information content (AvgIpc) is 2.82. The lowest BCUT2D eigenvalue weighted by molar-refractivity contribution is 0.154. The van der Waals surface area contributed by atoms with Gasteiger partial charge in [0.05, 0.1) is 0 Å². The summed E-state index contributed by atoms with van der Waals surface area (Å²) >= 11 is 1.30. The molecule has 0 spiro atoms. The van der Waals surface area contributed by atoms with Crippen LogP contribution in [0.15, 0.2) is 21.7 Å². The molecule has 0 unspecified atom stereocenters. The van der Waals surface area contributed by atoms with Gasteiger partial charge in [0.25, 0.3) is 10.0 Å². The molecule has 1 aromatic heterocycles. The highest BCUT2D eigenvalue weighted by Crippen LogP contribution is 2.36. The Labute approximate surface area is 114 Å². The Morgan fingerprint density at radius 3 is 2.33 bits per heavy atom. The number of hydrogen-bond donors (Lipinski definition) is 0. The van der Waals surface area contributed by atoms with Crippen LogP contribution in [0.4, 0.5) is 0 Å². The van der Waals surface area contributed by atoms with Gasteiger partial charge in [-0.1, -0.05) is 26.8 Å². The number of hydrogen-bond acceptors (Lipinski definition) is 3. The van der Waals surface area contributed by atoms with E-state index >= 15 is 0 Å². The molecule has 5 heteroatoms. The van der Waals surface area contributed by atoms with E-state index in [-0.39, 0.29) is 5.41 Å². The third kappa shape index (κ3) is 2.78. The fraction of sp³-hybridized carbons (Fsp3) is 0.692. The number of rotatable bonds is 2. The molecule has 0 bridgehead atoms. The third-order valence-electron chi connectivity index (χ3n) is 3.77. The van der Waals surface area contributed by atoms with Crippen molar-refractivity contribution < 1.29 is 8.42 Å². The van der Waals surface area contributed by atoms with Crippen molar-refractivity contribution in [3.63, 3.8) is 0 Å². The van der Waals surface area contributed by atoms with Crippen LogP contribution in [-0.4, -0.2) is 25.8 Å². The highest BCUT2D eigenvalue weighted by Gasteiger charge is 2.34. The Hall–Kier alpha value is -0.390. The summed E-state index contributed by atoms with van der Waals surface area (Å²) in [6, 6.07) is 3.48. The van der Waals surface area contributed by atoms with Gasteiger partial charge in [-0.2, -0.15) is 4.31 Å². The van der Waals surface area contributed by atoms with Crippen LogP contribution in [0.5, 0.6) is 0 Å². The van der Waals surface area contributed by atoms with E-state index in [9.17, 15) is 8.42 Å². The van der Waals surface area contributed by atoms with Gasteiger partial charge >= 0.3 is 0 Å². The molecule has 1 saturated heterocycles. The van der Waals surface area contributed by atoms with Crippen molar-refractivity contribution in [3.8, 4) is 0 Å². The minimum Gasteiger partial charge on any atom is -0.206 e. The molecule has 0 aliphatic carbocycles. The maximum Gasteiger partial charge on any atom is 0.252 e. The molecule has 2 heterocycles. The van der Waals surface area contributed by atoms with Crippen molar-refractivity contribution in [2.45, 2.75) is 37.8 Å². The molecule has 0 aromatic carbocycles. The summed E-state index contributed by atoms with van der Waals surface area (Å²) in [6.07, 6.45) is 1.93. The first kappa shape index (κ1) is 14.0. The second kappa shape index (κ2) is 4.94. The van der Waals surface area contributed by atoms with E-state index in [0.29, 0.717) is 23.2 Å². The largest absolute Gasteiger partial charge is 0.252 e. The first-order valence-corrected chi connectivity index (χ1v) is 8.67. The highest BCUT2D eigenvalue weighted by molar-refractivity contribution is 7.91. The van der Waals surface area contributed by atoms with Crippen molar-refractivity contribution in [2.75, 3.05) is 13.1 Å². The van der Waals surface area contributed by atoms with Crippen molar-refractivity contribution >= 4 is 21.4 Å². The lowest BCUT2D eigenvalue weighted by Crippen LogP contribution is -2.41. The standard InChI is InChI=1S/C13H21NO2S2/c1-13(2,3)11-6-8-14(9-7-11)18(15,16)12-5-4-10-17-12/h4-5,10-11H,6-9H2,1-3H3. The topological polar surface area (TPSA) is 37.4 Å². The number of nitrogens with zero attached hydrogens (tertiary/aromatic N) is 1. The Morgan fingerprint density at radius 1 is 1.28 bits per heavy atom. The van der Waals surface area contributed by atoms with Crippen LogP contribution >= 0.6 is 11.3 Å². The van der Waals surface area contributed by atoms with Gasteiger partial charge in [0.1, 0.15) is 4.21 Å².